The van der Waals surface area contributed by atoms with Gasteiger partial charge in [0.15, 0.2) is 0 Å². The Morgan fingerprint density at radius 1 is 1.41 bits per heavy atom. The Hall–Kier alpha value is -0.590. The summed E-state index contributed by atoms with van der Waals surface area (Å²) >= 11 is 0. The first-order valence-corrected chi connectivity index (χ1v) is 7.08. The summed E-state index contributed by atoms with van der Waals surface area (Å²) in [4.78, 5) is 10.9. The van der Waals surface area contributed by atoms with E-state index in [-0.39, 0.29) is 0 Å². The number of carbonyl (C=O) groups is 1. The molecule has 0 aromatic rings. The molecule has 17 heavy (non-hydrogen) atoms. The molecule has 2 aliphatic carbocycles. The highest BCUT2D eigenvalue weighted by molar-refractivity contribution is 5.51. The van der Waals surface area contributed by atoms with Gasteiger partial charge in [-0.05, 0) is 54.8 Å². The highest BCUT2D eigenvalue weighted by atomic mass is 16.1. The normalized spacial score (nSPS) is 40.8. The number of allylic oxidation sites excluding steroid dienone is 1. The fraction of sp³-hybridized carbons (Fsp3) is 0.812. The number of hydrogen-bond acceptors (Lipinski definition) is 1. The van der Waals surface area contributed by atoms with E-state index in [4.69, 9.17) is 0 Å². The highest BCUT2D eigenvalue weighted by Gasteiger charge is 2.47. The average Bonchev–Trinajstić information content (AvgIpc) is 2.27. The molecule has 0 amide bonds. The second kappa shape index (κ2) is 4.59. The van der Waals surface area contributed by atoms with Gasteiger partial charge in [-0.25, -0.2) is 0 Å². The van der Waals surface area contributed by atoms with Crippen LogP contribution >= 0.6 is 0 Å². The second-order valence-corrected chi connectivity index (χ2v) is 6.89. The molecule has 2 fully saturated rings. The van der Waals surface area contributed by atoms with Crippen molar-refractivity contribution in [3.63, 3.8) is 0 Å². The van der Waals surface area contributed by atoms with Gasteiger partial charge in [0.05, 0.1) is 0 Å². The van der Waals surface area contributed by atoms with E-state index in [1.165, 1.54) is 24.8 Å². The van der Waals surface area contributed by atoms with Crippen LogP contribution in [0.1, 0.15) is 52.9 Å². The third-order valence-electron chi connectivity index (χ3n) is 5.49. The van der Waals surface area contributed by atoms with Crippen LogP contribution in [0.3, 0.4) is 0 Å². The predicted molar refractivity (Wildman–Crippen MR) is 71.7 cm³/mol. The predicted octanol–water partition coefficient (Wildman–Crippen LogP) is 4.23. The Morgan fingerprint density at radius 3 is 2.76 bits per heavy atom. The molecule has 1 nitrogen and oxygen atoms in total. The van der Waals surface area contributed by atoms with Crippen LogP contribution in [-0.2, 0) is 4.79 Å². The number of rotatable bonds is 2. The Balaban J connectivity index is 2.28. The summed E-state index contributed by atoms with van der Waals surface area (Å²) in [7, 11) is 0. The van der Waals surface area contributed by atoms with E-state index in [1.54, 1.807) is 0 Å². The van der Waals surface area contributed by atoms with Crippen molar-refractivity contribution in [2.24, 2.45) is 29.1 Å². The first-order chi connectivity index (χ1) is 7.97. The van der Waals surface area contributed by atoms with Gasteiger partial charge in [0.2, 0.25) is 0 Å². The SMILES string of the molecule is C=C1CC[C@H]2[C@H](C(C)CCC2(C)C)[C@@H]1CC=O. The molecule has 0 saturated heterocycles. The molecule has 1 heteroatoms. The van der Waals surface area contributed by atoms with Gasteiger partial charge >= 0.3 is 0 Å². The Morgan fingerprint density at radius 2 is 2.12 bits per heavy atom. The zero-order chi connectivity index (χ0) is 12.6. The van der Waals surface area contributed by atoms with Crippen molar-refractivity contribution in [1.82, 2.24) is 0 Å². The van der Waals surface area contributed by atoms with Crippen LogP contribution < -0.4 is 0 Å². The summed E-state index contributed by atoms with van der Waals surface area (Å²) < 4.78 is 0. The summed E-state index contributed by atoms with van der Waals surface area (Å²) in [5, 5.41) is 0. The minimum atomic E-state index is 0.457. The summed E-state index contributed by atoms with van der Waals surface area (Å²) in [6, 6.07) is 0. The number of carbonyl (C=O) groups excluding carboxylic acids is 1. The van der Waals surface area contributed by atoms with Gasteiger partial charge in [-0.2, -0.15) is 0 Å². The van der Waals surface area contributed by atoms with Crippen molar-refractivity contribution in [2.45, 2.75) is 52.9 Å². The quantitative estimate of drug-likeness (QED) is 0.516. The molecule has 2 rings (SSSR count). The lowest BCUT2D eigenvalue weighted by atomic mass is 9.52. The second-order valence-electron chi connectivity index (χ2n) is 6.89. The maximum Gasteiger partial charge on any atom is 0.120 e. The van der Waals surface area contributed by atoms with E-state index in [0.29, 0.717) is 23.7 Å². The number of aldehydes is 1. The molecule has 4 atom stereocenters. The fourth-order valence-corrected chi connectivity index (χ4v) is 4.38. The van der Waals surface area contributed by atoms with Crippen LogP contribution in [0, 0.1) is 29.1 Å². The Labute approximate surface area is 106 Å². The molecule has 0 radical (unpaired) electrons. The van der Waals surface area contributed by atoms with Crippen molar-refractivity contribution in [3.8, 4) is 0 Å². The molecule has 0 aliphatic heterocycles. The molecule has 0 aromatic carbocycles. The third kappa shape index (κ3) is 2.21. The van der Waals surface area contributed by atoms with Crippen LogP contribution in [0.2, 0.25) is 0 Å². The molecule has 0 heterocycles. The molecule has 0 bridgehead atoms. The van der Waals surface area contributed by atoms with Crippen molar-refractivity contribution in [1.29, 1.82) is 0 Å². The standard InChI is InChI=1S/C16H26O/c1-11-5-6-14-15(13(11)8-10-17)12(2)7-9-16(14,3)4/h10,12-15H,1,5-9H2,2-4H3/t12?,13-,14+,15-/m1/s1. The smallest absolute Gasteiger partial charge is 0.120 e. The van der Waals surface area contributed by atoms with Crippen molar-refractivity contribution >= 4 is 6.29 Å². The summed E-state index contributed by atoms with van der Waals surface area (Å²) in [6.45, 7) is 11.4. The summed E-state index contributed by atoms with van der Waals surface area (Å²) in [6.07, 6.45) is 6.88. The molecular formula is C16H26O. The van der Waals surface area contributed by atoms with Crippen molar-refractivity contribution in [2.75, 3.05) is 0 Å². The van der Waals surface area contributed by atoms with Gasteiger partial charge < -0.3 is 4.79 Å². The molecule has 96 valence electrons. The minimum Gasteiger partial charge on any atom is -0.303 e. The molecule has 0 aromatic heterocycles. The van der Waals surface area contributed by atoms with Gasteiger partial charge in [-0.3, -0.25) is 0 Å². The van der Waals surface area contributed by atoms with E-state index in [1.807, 2.05) is 0 Å². The van der Waals surface area contributed by atoms with Crippen molar-refractivity contribution < 1.29 is 4.79 Å². The van der Waals surface area contributed by atoms with Gasteiger partial charge in [0.1, 0.15) is 6.29 Å². The largest absolute Gasteiger partial charge is 0.303 e. The summed E-state index contributed by atoms with van der Waals surface area (Å²) in [5.74, 6) is 2.71. The molecule has 0 N–H and O–H groups in total. The lowest BCUT2D eigenvalue weighted by Gasteiger charge is -2.53. The lowest BCUT2D eigenvalue weighted by Crippen LogP contribution is -2.45. The minimum absolute atomic E-state index is 0.457. The Kier molecular flexibility index (Phi) is 3.47. The maximum absolute atomic E-state index is 10.9. The van der Waals surface area contributed by atoms with E-state index in [2.05, 4.69) is 27.4 Å². The van der Waals surface area contributed by atoms with Crippen LogP contribution in [-0.4, -0.2) is 6.29 Å². The number of hydrogen-bond donors (Lipinski definition) is 0. The van der Waals surface area contributed by atoms with Gasteiger partial charge in [-0.15, -0.1) is 0 Å². The molecular weight excluding hydrogens is 208 g/mol. The lowest BCUT2D eigenvalue weighted by molar-refractivity contribution is -0.110. The van der Waals surface area contributed by atoms with Crippen LogP contribution in [0.25, 0.3) is 0 Å². The maximum atomic E-state index is 10.9. The van der Waals surface area contributed by atoms with Crippen LogP contribution in [0.5, 0.6) is 0 Å². The zero-order valence-corrected chi connectivity index (χ0v) is 11.5. The topological polar surface area (TPSA) is 17.1 Å². The molecule has 0 spiro atoms. The van der Waals surface area contributed by atoms with E-state index in [0.717, 1.165) is 24.5 Å². The average molecular weight is 234 g/mol. The monoisotopic (exact) mass is 234 g/mol. The fourth-order valence-electron chi connectivity index (χ4n) is 4.38. The molecule has 2 aliphatic rings. The van der Waals surface area contributed by atoms with Crippen molar-refractivity contribution in [3.05, 3.63) is 12.2 Å². The number of fused-ring (bicyclic) bond motifs is 1. The van der Waals surface area contributed by atoms with Gasteiger partial charge in [0, 0.05) is 6.42 Å². The van der Waals surface area contributed by atoms with Gasteiger partial charge in [-0.1, -0.05) is 32.9 Å². The zero-order valence-electron chi connectivity index (χ0n) is 11.5. The van der Waals surface area contributed by atoms with E-state index in [9.17, 15) is 4.79 Å². The molecule has 2 saturated carbocycles. The summed E-state index contributed by atoms with van der Waals surface area (Å²) in [5.41, 5.74) is 1.79. The van der Waals surface area contributed by atoms with E-state index < -0.39 is 0 Å². The highest BCUT2D eigenvalue weighted by Crippen LogP contribution is 2.56. The third-order valence-corrected chi connectivity index (χ3v) is 5.49. The van der Waals surface area contributed by atoms with E-state index >= 15 is 0 Å². The van der Waals surface area contributed by atoms with Gasteiger partial charge in [0.25, 0.3) is 0 Å². The van der Waals surface area contributed by atoms with Crippen LogP contribution in [0.4, 0.5) is 0 Å². The first kappa shape index (κ1) is 12.9. The first-order valence-electron chi connectivity index (χ1n) is 7.08. The van der Waals surface area contributed by atoms with Crippen LogP contribution in [0.15, 0.2) is 12.2 Å². The Bertz CT molecular complexity index is 315. The molecule has 1 unspecified atom stereocenters.